The van der Waals surface area contributed by atoms with Crippen molar-refractivity contribution >= 4 is 0 Å². The smallest absolute Gasteiger partial charge is 0.118 e. The third kappa shape index (κ3) is 2.57. The van der Waals surface area contributed by atoms with E-state index in [1.165, 1.54) is 25.8 Å². The number of hydrogen-bond acceptors (Lipinski definition) is 4. The molecule has 1 aliphatic carbocycles. The normalized spacial score (nSPS) is 28.4. The van der Waals surface area contributed by atoms with Gasteiger partial charge >= 0.3 is 0 Å². The first-order valence-corrected chi connectivity index (χ1v) is 7.34. The van der Waals surface area contributed by atoms with Crippen LogP contribution in [0.5, 0.6) is 0 Å². The Morgan fingerprint density at radius 3 is 2.84 bits per heavy atom. The van der Waals surface area contributed by atoms with Crippen LogP contribution in [0.25, 0.3) is 0 Å². The average Bonchev–Trinajstić information content (AvgIpc) is 3.02. The highest BCUT2D eigenvalue weighted by Gasteiger charge is 2.44. The number of nitrogens with two attached hydrogens (primary N) is 1. The second-order valence-corrected chi connectivity index (χ2v) is 6.25. The maximum atomic E-state index is 6.11. The van der Waals surface area contributed by atoms with E-state index in [1.807, 2.05) is 13.0 Å². The van der Waals surface area contributed by atoms with Crippen LogP contribution in [0.15, 0.2) is 16.5 Å². The Kier molecular flexibility index (Phi) is 3.41. The van der Waals surface area contributed by atoms with E-state index in [2.05, 4.69) is 22.9 Å². The molecule has 3 rings (SSSR count). The molecule has 0 radical (unpaired) electrons. The molecular weight excluding hydrogens is 238 g/mol. The molecule has 0 amide bonds. The Balaban J connectivity index is 1.67. The van der Waals surface area contributed by atoms with E-state index < -0.39 is 0 Å². The van der Waals surface area contributed by atoms with E-state index in [-0.39, 0.29) is 5.54 Å². The lowest BCUT2D eigenvalue weighted by Crippen LogP contribution is -2.53. The number of aryl methyl sites for hydroxylation is 1. The number of hydrogen-bond donors (Lipinski definition) is 1. The average molecular weight is 263 g/mol. The molecular formula is C15H25N3O. The first-order chi connectivity index (χ1) is 9.13. The van der Waals surface area contributed by atoms with Crippen LogP contribution >= 0.6 is 0 Å². The van der Waals surface area contributed by atoms with Gasteiger partial charge in [-0.05, 0) is 45.4 Å². The Morgan fingerprint density at radius 2 is 2.26 bits per heavy atom. The molecule has 0 spiro atoms. The SMILES string of the molecule is Cc1ccc(CN(C)C2(CN)CCN(C3CC3)C2)o1. The zero-order valence-electron chi connectivity index (χ0n) is 12.1. The highest BCUT2D eigenvalue weighted by atomic mass is 16.3. The number of nitrogens with zero attached hydrogens (tertiary/aromatic N) is 2. The molecule has 2 fully saturated rings. The van der Waals surface area contributed by atoms with Crippen molar-refractivity contribution in [2.75, 3.05) is 26.7 Å². The summed E-state index contributed by atoms with van der Waals surface area (Å²) < 4.78 is 5.69. The highest BCUT2D eigenvalue weighted by molar-refractivity contribution is 5.08. The summed E-state index contributed by atoms with van der Waals surface area (Å²) >= 11 is 0. The van der Waals surface area contributed by atoms with Crippen LogP contribution in [0.2, 0.25) is 0 Å². The molecule has 2 heterocycles. The fourth-order valence-electron chi connectivity index (χ4n) is 3.24. The van der Waals surface area contributed by atoms with Crippen LogP contribution in [0.3, 0.4) is 0 Å². The van der Waals surface area contributed by atoms with E-state index in [0.717, 1.165) is 37.2 Å². The maximum Gasteiger partial charge on any atom is 0.118 e. The summed E-state index contributed by atoms with van der Waals surface area (Å²) in [6, 6.07) is 4.94. The molecule has 1 aromatic rings. The summed E-state index contributed by atoms with van der Waals surface area (Å²) in [6.07, 6.45) is 3.93. The summed E-state index contributed by atoms with van der Waals surface area (Å²) in [4.78, 5) is 5.02. The molecule has 1 unspecified atom stereocenters. The van der Waals surface area contributed by atoms with Gasteiger partial charge in [-0.1, -0.05) is 0 Å². The maximum absolute atomic E-state index is 6.11. The van der Waals surface area contributed by atoms with Gasteiger partial charge in [0.1, 0.15) is 11.5 Å². The fraction of sp³-hybridized carbons (Fsp3) is 0.733. The van der Waals surface area contributed by atoms with Gasteiger partial charge in [0.2, 0.25) is 0 Å². The second kappa shape index (κ2) is 4.93. The molecule has 106 valence electrons. The van der Waals surface area contributed by atoms with Gasteiger partial charge < -0.3 is 10.2 Å². The molecule has 0 aromatic carbocycles. The number of likely N-dealkylation sites (N-methyl/N-ethyl adjacent to an activating group) is 1. The lowest BCUT2D eigenvalue weighted by molar-refractivity contribution is 0.112. The van der Waals surface area contributed by atoms with Gasteiger partial charge in [0, 0.05) is 31.2 Å². The van der Waals surface area contributed by atoms with Gasteiger partial charge in [-0.2, -0.15) is 0 Å². The van der Waals surface area contributed by atoms with Crippen molar-refractivity contribution in [1.29, 1.82) is 0 Å². The van der Waals surface area contributed by atoms with Crippen LogP contribution in [-0.2, 0) is 6.54 Å². The Labute approximate surface area is 115 Å². The minimum absolute atomic E-state index is 0.128. The van der Waals surface area contributed by atoms with Gasteiger partial charge in [0.05, 0.1) is 6.54 Å². The van der Waals surface area contributed by atoms with Crippen LogP contribution in [-0.4, -0.2) is 48.1 Å². The molecule has 2 aliphatic rings. The van der Waals surface area contributed by atoms with Crippen molar-refractivity contribution in [3.8, 4) is 0 Å². The van der Waals surface area contributed by atoms with Crippen molar-refractivity contribution in [2.45, 2.75) is 44.3 Å². The summed E-state index contributed by atoms with van der Waals surface area (Å²) in [5.41, 5.74) is 6.24. The minimum atomic E-state index is 0.128. The van der Waals surface area contributed by atoms with Crippen LogP contribution in [0.1, 0.15) is 30.8 Å². The second-order valence-electron chi connectivity index (χ2n) is 6.25. The lowest BCUT2D eigenvalue weighted by Gasteiger charge is -2.37. The van der Waals surface area contributed by atoms with Crippen molar-refractivity contribution in [3.05, 3.63) is 23.7 Å². The van der Waals surface area contributed by atoms with Crippen LogP contribution in [0, 0.1) is 6.92 Å². The monoisotopic (exact) mass is 263 g/mol. The Bertz CT molecular complexity index is 440. The first-order valence-electron chi connectivity index (χ1n) is 7.34. The summed E-state index contributed by atoms with van der Waals surface area (Å²) in [5, 5.41) is 0. The summed E-state index contributed by atoms with van der Waals surface area (Å²) in [6.45, 7) is 5.89. The molecule has 4 heteroatoms. The Hall–Kier alpha value is -0.840. The van der Waals surface area contributed by atoms with E-state index in [9.17, 15) is 0 Å². The molecule has 0 bridgehead atoms. The summed E-state index contributed by atoms with van der Waals surface area (Å²) in [5.74, 6) is 2.02. The predicted molar refractivity (Wildman–Crippen MR) is 75.9 cm³/mol. The number of furan rings is 1. The molecule has 1 saturated heterocycles. The lowest BCUT2D eigenvalue weighted by atomic mass is 9.96. The van der Waals surface area contributed by atoms with E-state index in [0.29, 0.717) is 0 Å². The van der Waals surface area contributed by atoms with E-state index in [1.54, 1.807) is 0 Å². The number of rotatable bonds is 5. The molecule has 1 aromatic heterocycles. The quantitative estimate of drug-likeness (QED) is 0.876. The van der Waals surface area contributed by atoms with Crippen molar-refractivity contribution in [3.63, 3.8) is 0 Å². The van der Waals surface area contributed by atoms with E-state index in [4.69, 9.17) is 10.2 Å². The largest absolute Gasteiger partial charge is 0.465 e. The first kappa shape index (κ1) is 13.2. The van der Waals surface area contributed by atoms with Crippen molar-refractivity contribution < 1.29 is 4.42 Å². The molecule has 2 N–H and O–H groups in total. The van der Waals surface area contributed by atoms with Gasteiger partial charge in [-0.25, -0.2) is 0 Å². The molecule has 1 saturated carbocycles. The number of likely N-dealkylation sites (tertiary alicyclic amines) is 1. The van der Waals surface area contributed by atoms with Gasteiger partial charge in [-0.3, -0.25) is 9.80 Å². The van der Waals surface area contributed by atoms with Crippen molar-refractivity contribution in [1.82, 2.24) is 9.80 Å². The standard InChI is InChI=1S/C15H25N3O/c1-12-3-6-14(19-12)9-17(2)15(10-16)7-8-18(11-15)13-4-5-13/h3,6,13H,4-5,7-11,16H2,1-2H3. The third-order valence-electron chi connectivity index (χ3n) is 4.80. The van der Waals surface area contributed by atoms with Gasteiger partial charge in [0.15, 0.2) is 0 Å². The highest BCUT2D eigenvalue weighted by Crippen LogP contribution is 2.35. The summed E-state index contributed by atoms with van der Waals surface area (Å²) in [7, 11) is 2.18. The zero-order valence-corrected chi connectivity index (χ0v) is 12.1. The van der Waals surface area contributed by atoms with Gasteiger partial charge in [0.25, 0.3) is 0 Å². The zero-order chi connectivity index (χ0) is 13.5. The Morgan fingerprint density at radius 1 is 1.47 bits per heavy atom. The molecule has 1 atom stereocenters. The molecule has 4 nitrogen and oxygen atoms in total. The van der Waals surface area contributed by atoms with Crippen molar-refractivity contribution in [2.24, 2.45) is 5.73 Å². The van der Waals surface area contributed by atoms with Crippen LogP contribution in [0.4, 0.5) is 0 Å². The van der Waals surface area contributed by atoms with Gasteiger partial charge in [-0.15, -0.1) is 0 Å². The van der Waals surface area contributed by atoms with E-state index >= 15 is 0 Å². The molecule has 19 heavy (non-hydrogen) atoms. The third-order valence-corrected chi connectivity index (χ3v) is 4.80. The fourth-order valence-corrected chi connectivity index (χ4v) is 3.24. The van der Waals surface area contributed by atoms with Crippen LogP contribution < -0.4 is 5.73 Å². The predicted octanol–water partition coefficient (Wildman–Crippen LogP) is 1.59. The topological polar surface area (TPSA) is 45.6 Å². The minimum Gasteiger partial charge on any atom is -0.465 e. The molecule has 1 aliphatic heterocycles.